The SMILES string of the molecule is CNCCC1CCN(c2nc(C)cc(C)c2C#N)CC1. The Morgan fingerprint density at radius 1 is 1.40 bits per heavy atom. The Bertz CT molecular complexity index is 496. The number of nitriles is 1. The van der Waals surface area contributed by atoms with E-state index in [0.29, 0.717) is 0 Å². The highest BCUT2D eigenvalue weighted by Crippen LogP contribution is 2.27. The monoisotopic (exact) mass is 272 g/mol. The van der Waals surface area contributed by atoms with Crippen molar-refractivity contribution in [1.82, 2.24) is 10.3 Å². The van der Waals surface area contributed by atoms with Crippen molar-refractivity contribution in [3.8, 4) is 6.07 Å². The Hall–Kier alpha value is -1.60. The maximum Gasteiger partial charge on any atom is 0.147 e. The fourth-order valence-corrected chi connectivity index (χ4v) is 2.97. The largest absolute Gasteiger partial charge is 0.355 e. The molecule has 4 heteroatoms. The molecule has 0 saturated carbocycles. The average molecular weight is 272 g/mol. The van der Waals surface area contributed by atoms with Crippen LogP contribution >= 0.6 is 0 Å². The van der Waals surface area contributed by atoms with Gasteiger partial charge in [0.25, 0.3) is 0 Å². The summed E-state index contributed by atoms with van der Waals surface area (Å²) in [4.78, 5) is 6.89. The van der Waals surface area contributed by atoms with Crippen molar-refractivity contribution < 1.29 is 0 Å². The Balaban J connectivity index is 2.09. The average Bonchev–Trinajstić information content (AvgIpc) is 2.45. The van der Waals surface area contributed by atoms with Gasteiger partial charge in [-0.15, -0.1) is 0 Å². The number of hydrogen-bond acceptors (Lipinski definition) is 4. The van der Waals surface area contributed by atoms with Gasteiger partial charge in [0.1, 0.15) is 11.9 Å². The molecule has 1 aliphatic heterocycles. The second-order valence-electron chi connectivity index (χ2n) is 5.71. The van der Waals surface area contributed by atoms with E-state index in [1.54, 1.807) is 0 Å². The van der Waals surface area contributed by atoms with Crippen LogP contribution in [0.4, 0.5) is 5.82 Å². The maximum atomic E-state index is 9.36. The van der Waals surface area contributed by atoms with Crippen LogP contribution in [0.1, 0.15) is 36.1 Å². The minimum Gasteiger partial charge on any atom is -0.355 e. The van der Waals surface area contributed by atoms with Crippen LogP contribution in [-0.4, -0.2) is 31.7 Å². The van der Waals surface area contributed by atoms with E-state index in [1.807, 2.05) is 27.0 Å². The second-order valence-corrected chi connectivity index (χ2v) is 5.71. The number of piperidine rings is 1. The molecule has 0 aliphatic carbocycles. The number of nitrogens with zero attached hydrogens (tertiary/aromatic N) is 3. The first-order chi connectivity index (χ1) is 9.65. The first-order valence-corrected chi connectivity index (χ1v) is 7.43. The smallest absolute Gasteiger partial charge is 0.147 e. The number of hydrogen-bond donors (Lipinski definition) is 1. The van der Waals surface area contributed by atoms with Crippen molar-refractivity contribution in [2.75, 3.05) is 31.6 Å². The van der Waals surface area contributed by atoms with E-state index in [-0.39, 0.29) is 0 Å². The second kappa shape index (κ2) is 6.71. The summed E-state index contributed by atoms with van der Waals surface area (Å²) < 4.78 is 0. The van der Waals surface area contributed by atoms with Gasteiger partial charge in [-0.05, 0) is 64.3 Å². The van der Waals surface area contributed by atoms with E-state index in [9.17, 15) is 5.26 Å². The van der Waals surface area contributed by atoms with Crippen LogP contribution in [0.5, 0.6) is 0 Å². The van der Waals surface area contributed by atoms with Crippen molar-refractivity contribution in [3.63, 3.8) is 0 Å². The van der Waals surface area contributed by atoms with Gasteiger partial charge in [-0.1, -0.05) is 0 Å². The first kappa shape index (κ1) is 14.8. The van der Waals surface area contributed by atoms with E-state index in [2.05, 4.69) is 21.3 Å². The van der Waals surface area contributed by atoms with Gasteiger partial charge in [-0.25, -0.2) is 4.98 Å². The lowest BCUT2D eigenvalue weighted by atomic mass is 9.93. The zero-order chi connectivity index (χ0) is 14.5. The summed E-state index contributed by atoms with van der Waals surface area (Å²) in [6.07, 6.45) is 3.64. The highest BCUT2D eigenvalue weighted by Gasteiger charge is 2.22. The summed E-state index contributed by atoms with van der Waals surface area (Å²) in [5, 5.41) is 12.6. The molecule has 4 nitrogen and oxygen atoms in total. The van der Waals surface area contributed by atoms with Gasteiger partial charge in [0.05, 0.1) is 5.56 Å². The van der Waals surface area contributed by atoms with Crippen LogP contribution in [0, 0.1) is 31.1 Å². The highest BCUT2D eigenvalue weighted by molar-refractivity contribution is 5.58. The van der Waals surface area contributed by atoms with Crippen LogP contribution < -0.4 is 10.2 Å². The minimum atomic E-state index is 0.740. The lowest BCUT2D eigenvalue weighted by Crippen LogP contribution is -2.35. The maximum absolute atomic E-state index is 9.36. The van der Waals surface area contributed by atoms with E-state index in [4.69, 9.17) is 0 Å². The van der Waals surface area contributed by atoms with Crippen molar-refractivity contribution >= 4 is 5.82 Å². The zero-order valence-electron chi connectivity index (χ0n) is 12.7. The third kappa shape index (κ3) is 3.29. The van der Waals surface area contributed by atoms with E-state index >= 15 is 0 Å². The quantitative estimate of drug-likeness (QED) is 0.914. The van der Waals surface area contributed by atoms with Crippen LogP contribution in [0.2, 0.25) is 0 Å². The standard InChI is InChI=1S/C16H24N4/c1-12-10-13(2)19-16(15(12)11-17)20-8-5-14(6-9-20)4-7-18-3/h10,14,18H,4-9H2,1-3H3. The number of aromatic nitrogens is 1. The van der Waals surface area contributed by atoms with Crippen molar-refractivity contribution in [2.45, 2.75) is 33.1 Å². The van der Waals surface area contributed by atoms with Gasteiger partial charge >= 0.3 is 0 Å². The Morgan fingerprint density at radius 2 is 2.10 bits per heavy atom. The molecular weight excluding hydrogens is 248 g/mol. The summed E-state index contributed by atoms with van der Waals surface area (Å²) in [5.41, 5.74) is 2.77. The molecule has 0 radical (unpaired) electrons. The lowest BCUT2D eigenvalue weighted by molar-refractivity contribution is 0.377. The topological polar surface area (TPSA) is 52.0 Å². The van der Waals surface area contributed by atoms with Crippen LogP contribution in [0.3, 0.4) is 0 Å². The Kier molecular flexibility index (Phi) is 4.97. The van der Waals surface area contributed by atoms with Crippen LogP contribution in [0.15, 0.2) is 6.07 Å². The van der Waals surface area contributed by atoms with E-state index < -0.39 is 0 Å². The van der Waals surface area contributed by atoms with Crippen molar-refractivity contribution in [1.29, 1.82) is 5.26 Å². The van der Waals surface area contributed by atoms with Crippen LogP contribution in [-0.2, 0) is 0 Å². The molecule has 20 heavy (non-hydrogen) atoms. The van der Waals surface area contributed by atoms with E-state index in [1.165, 1.54) is 19.3 Å². The third-order valence-corrected chi connectivity index (χ3v) is 4.15. The van der Waals surface area contributed by atoms with Gasteiger partial charge in [0, 0.05) is 18.8 Å². The molecule has 108 valence electrons. The number of nitrogens with one attached hydrogen (secondary N) is 1. The molecule has 1 aromatic rings. The predicted molar refractivity (Wildman–Crippen MR) is 81.9 cm³/mol. The highest BCUT2D eigenvalue weighted by atomic mass is 15.2. The summed E-state index contributed by atoms with van der Waals surface area (Å²) in [7, 11) is 2.01. The fourth-order valence-electron chi connectivity index (χ4n) is 2.97. The molecule has 1 N–H and O–H groups in total. The molecule has 0 atom stereocenters. The fraction of sp³-hybridized carbons (Fsp3) is 0.625. The lowest BCUT2D eigenvalue weighted by Gasteiger charge is -2.33. The number of pyridine rings is 1. The summed E-state index contributed by atoms with van der Waals surface area (Å²) in [6.45, 7) is 7.11. The van der Waals surface area contributed by atoms with Crippen molar-refractivity contribution in [3.05, 3.63) is 22.9 Å². The molecule has 0 bridgehead atoms. The molecule has 1 saturated heterocycles. The van der Waals surface area contributed by atoms with Gasteiger partial charge in [0.15, 0.2) is 0 Å². The molecule has 1 fully saturated rings. The minimum absolute atomic E-state index is 0.740. The van der Waals surface area contributed by atoms with Crippen LogP contribution in [0.25, 0.3) is 0 Å². The molecule has 1 aromatic heterocycles. The summed E-state index contributed by atoms with van der Waals surface area (Å²) in [5.74, 6) is 1.69. The number of aryl methyl sites for hydroxylation is 2. The Morgan fingerprint density at radius 3 is 2.70 bits per heavy atom. The summed E-state index contributed by atoms with van der Waals surface area (Å²) >= 11 is 0. The molecule has 0 aromatic carbocycles. The van der Waals surface area contributed by atoms with Gasteiger partial charge in [0.2, 0.25) is 0 Å². The molecule has 0 unspecified atom stereocenters. The molecule has 0 spiro atoms. The molecular formula is C16H24N4. The van der Waals surface area contributed by atoms with Gasteiger partial charge in [-0.2, -0.15) is 5.26 Å². The van der Waals surface area contributed by atoms with Gasteiger partial charge in [-0.3, -0.25) is 0 Å². The third-order valence-electron chi connectivity index (χ3n) is 4.15. The normalized spacial score (nSPS) is 16.2. The number of anilines is 1. The number of rotatable bonds is 4. The molecule has 1 aliphatic rings. The molecule has 0 amide bonds. The zero-order valence-corrected chi connectivity index (χ0v) is 12.7. The summed E-state index contributed by atoms with van der Waals surface area (Å²) in [6, 6.07) is 4.31. The van der Waals surface area contributed by atoms with Crippen molar-refractivity contribution in [2.24, 2.45) is 5.92 Å². The van der Waals surface area contributed by atoms with Gasteiger partial charge < -0.3 is 10.2 Å². The predicted octanol–water partition coefficient (Wildman–Crippen LogP) is 2.40. The van der Waals surface area contributed by atoms with E-state index in [0.717, 1.165) is 48.2 Å². The molecule has 2 heterocycles. The first-order valence-electron chi connectivity index (χ1n) is 7.43. The Labute approximate surface area is 121 Å². The molecule has 2 rings (SSSR count).